The number of thiol groups is 2. The number of hydrogen-bond donors (Lipinski definition) is 8. The number of rotatable bonds is 0. The van der Waals surface area contributed by atoms with Crippen LogP contribution in [0, 0.1) is 0 Å². The van der Waals surface area contributed by atoms with E-state index in [0.29, 0.717) is 0 Å². The maximum atomic E-state index is 4.71. The summed E-state index contributed by atoms with van der Waals surface area (Å²) in [5.41, 5.74) is 28.0. The van der Waals surface area contributed by atoms with E-state index in [9.17, 15) is 0 Å². The van der Waals surface area contributed by atoms with Gasteiger partial charge in [-0.1, -0.05) is 41.7 Å². The minimum Gasteiger partial charge on any atom is -0.415 e. The van der Waals surface area contributed by atoms with Gasteiger partial charge < -0.3 is 134 Å². The molecule has 0 saturated carbocycles. The predicted molar refractivity (Wildman–Crippen MR) is 159 cm³/mol. The van der Waals surface area contributed by atoms with E-state index in [2.05, 4.69) is 172 Å². The quantitative estimate of drug-likeness (QED) is 0.0717. The summed E-state index contributed by atoms with van der Waals surface area (Å²) in [6.07, 6.45) is 0. The van der Waals surface area contributed by atoms with Crippen molar-refractivity contribution in [3.63, 3.8) is 0 Å². The third kappa shape index (κ3) is 4220. The largest absolute Gasteiger partial charge is 4.00 e. The zero-order valence-corrected chi connectivity index (χ0v) is 25.3. The van der Waals surface area contributed by atoms with Gasteiger partial charge >= 0.3 is 21.1 Å². The summed E-state index contributed by atoms with van der Waals surface area (Å²) in [7, 11) is 0. The molecule has 0 aromatic carbocycles. The van der Waals surface area contributed by atoms with Crippen molar-refractivity contribution in [3.8, 4) is 0 Å². The van der Waals surface area contributed by atoms with Crippen molar-refractivity contribution in [1.82, 2.24) is 0 Å². The van der Waals surface area contributed by atoms with Crippen LogP contribution in [0.5, 0.6) is 0 Å². The topological polar surface area (TPSA) is 156 Å². The standard InChI is InChI=1S/6CH3NS2.Mo.H2S/c6*2-1(3)4;;/h6*(H3,2,3,4);;1H2/q;;;;;;+4;/p-4. The van der Waals surface area contributed by atoms with E-state index in [1.807, 2.05) is 0 Å². The van der Waals surface area contributed by atoms with E-state index in [1.54, 1.807) is 0 Å². The van der Waals surface area contributed by atoms with Gasteiger partial charge in [0.15, 0.2) is 0 Å². The summed E-state index contributed by atoms with van der Waals surface area (Å²) in [5, 5.41) is 0. The van der Waals surface area contributed by atoms with Gasteiger partial charge in [-0.05, 0) is 0 Å². The molecule has 0 spiro atoms. The van der Waals surface area contributed by atoms with E-state index in [1.165, 1.54) is 0 Å². The van der Waals surface area contributed by atoms with Gasteiger partial charge in [-0.25, -0.2) is 0 Å². The van der Waals surface area contributed by atoms with Crippen molar-refractivity contribution >= 4 is 188 Å². The summed E-state index contributed by atoms with van der Waals surface area (Å²) in [4.78, 5) is 0. The van der Waals surface area contributed by atoms with Crippen molar-refractivity contribution in [2.75, 3.05) is 0 Å². The van der Waals surface area contributed by atoms with Crippen LogP contribution in [-0.4, -0.2) is 25.9 Å². The molecule has 0 heterocycles. The minimum absolute atomic E-state index is 0. The number of thiocarbonyl (C=S) groups is 6. The molecule has 0 fully saturated rings. The van der Waals surface area contributed by atoms with Crippen molar-refractivity contribution in [3.05, 3.63) is 0 Å². The molecule has 0 aliphatic heterocycles. The molecule has 0 aromatic rings. The smallest absolute Gasteiger partial charge is 0.415 e. The molecule has 0 rings (SSSR count). The van der Waals surface area contributed by atoms with Gasteiger partial charge in [0.25, 0.3) is 0 Å². The first-order chi connectivity index (χ1) is 10.4. The van der Waals surface area contributed by atoms with Gasteiger partial charge in [-0.2, -0.15) is 13.5 Å². The molecule has 26 heavy (non-hydrogen) atoms. The Morgan fingerprint density at radius 2 is 0.500 bits per heavy atom. The fourth-order valence-corrected chi connectivity index (χ4v) is 0. The molecule has 12 N–H and O–H groups in total. The molecule has 6 nitrogen and oxygen atoms in total. The van der Waals surface area contributed by atoms with Gasteiger partial charge in [-0.15, -0.1) is 25.3 Å². The van der Waals surface area contributed by atoms with E-state index >= 15 is 0 Å². The van der Waals surface area contributed by atoms with Crippen LogP contribution in [0.4, 0.5) is 0 Å². The van der Waals surface area contributed by atoms with E-state index in [0.717, 1.165) is 0 Å². The van der Waals surface area contributed by atoms with Gasteiger partial charge in [0.05, 0.1) is 0 Å². The van der Waals surface area contributed by atoms with Crippen LogP contribution in [-0.2, 0) is 71.6 Å². The summed E-state index contributed by atoms with van der Waals surface area (Å²) >= 11 is 48.3. The Hall–Kier alpha value is 1.96. The van der Waals surface area contributed by atoms with Crippen molar-refractivity contribution in [2.45, 2.75) is 0 Å². The normalized spacial score (nSPS) is 5.62. The van der Waals surface area contributed by atoms with Crippen LogP contribution < -0.4 is 34.4 Å². The minimum atomic E-state index is 0. The summed E-state index contributed by atoms with van der Waals surface area (Å²) < 4.78 is 0.722. The molecule has 0 amide bonds. The first kappa shape index (κ1) is 51.0. The first-order valence-corrected chi connectivity index (χ1v) is 9.20. The average molecular weight is 685 g/mol. The van der Waals surface area contributed by atoms with Gasteiger partial charge in [0, 0.05) is 0 Å². The Bertz CT molecular complexity index is 274. The Balaban J connectivity index is -0.0000000245. The Kier molecular flexibility index (Phi) is 89.5. The molecule has 0 aliphatic carbocycles. The van der Waals surface area contributed by atoms with Crippen LogP contribution in [0.25, 0.3) is 0 Å². The van der Waals surface area contributed by atoms with Gasteiger partial charge in [0.2, 0.25) is 0 Å². The zero-order chi connectivity index (χ0) is 21.5. The van der Waals surface area contributed by atoms with E-state index < -0.39 is 0 Å². The second-order valence-corrected chi connectivity index (χ2v) is 8.95. The Labute approximate surface area is 240 Å². The van der Waals surface area contributed by atoms with Crippen LogP contribution in [0.3, 0.4) is 0 Å². The molecule has 154 valence electrons. The van der Waals surface area contributed by atoms with Crippen molar-refractivity contribution in [2.24, 2.45) is 34.4 Å². The fraction of sp³-hybridized carbons (Fsp3) is 0. The number of hydrogen-bond acceptors (Lipinski definition) is 10. The van der Waals surface area contributed by atoms with Crippen LogP contribution in [0.15, 0.2) is 0 Å². The molecule has 0 atom stereocenters. The maximum absolute atomic E-state index is 4.71. The third-order valence-corrected chi connectivity index (χ3v) is 0. The summed E-state index contributed by atoms with van der Waals surface area (Å²) in [6.45, 7) is 0. The molecule has 20 heteroatoms. The van der Waals surface area contributed by atoms with E-state index in [-0.39, 0.29) is 60.5 Å². The Morgan fingerprint density at radius 3 is 0.500 bits per heavy atom. The molecule has 0 bridgehead atoms. The van der Waals surface area contributed by atoms with Crippen LogP contribution in [0.1, 0.15) is 0 Å². The summed E-state index contributed by atoms with van der Waals surface area (Å²) in [5.74, 6) is 0. The molecular weight excluding hydrogens is 669 g/mol. The Morgan fingerprint density at radius 1 is 0.500 bits per heavy atom. The second-order valence-electron chi connectivity index (χ2n) is 1.95. The molecule has 0 unspecified atom stereocenters. The van der Waals surface area contributed by atoms with Gasteiger partial charge in [-0.3, -0.25) is 0 Å². The van der Waals surface area contributed by atoms with E-state index in [4.69, 9.17) is 11.5 Å². The predicted octanol–water partition coefficient (Wildman–Crippen LogP) is -0.462. The molecule has 0 aliphatic rings. The molecular formula is C6H16MoN6S13. The molecule has 0 radical (unpaired) electrons. The average Bonchev–Trinajstić information content (AvgIpc) is 2.08. The fourth-order valence-electron chi connectivity index (χ4n) is 0. The summed E-state index contributed by atoms with van der Waals surface area (Å²) in [6, 6.07) is 0. The zero-order valence-electron chi connectivity index (χ0n) is 12.3. The second kappa shape index (κ2) is 45.6. The maximum Gasteiger partial charge on any atom is 4.00 e. The van der Waals surface area contributed by atoms with Crippen LogP contribution in [0.2, 0.25) is 0 Å². The van der Waals surface area contributed by atoms with Gasteiger partial charge in [0.1, 0.15) is 8.64 Å². The van der Waals surface area contributed by atoms with Crippen molar-refractivity contribution < 1.29 is 21.1 Å². The molecule has 0 saturated heterocycles. The third-order valence-electron chi connectivity index (χ3n) is 0. The SMILES string of the molecule is NC(=S)S.NC(=S)S.NC(=S)[S-].NC(=S)[S-].NC(=S)[S-].NC(=S)[S-].S.[Mo+4]. The van der Waals surface area contributed by atoms with Crippen LogP contribution >= 0.6 is 112 Å². The monoisotopic (exact) mass is 686 g/mol. The number of nitrogens with two attached hydrogens (primary N) is 6. The van der Waals surface area contributed by atoms with Crippen molar-refractivity contribution in [1.29, 1.82) is 0 Å². The first-order valence-electron chi connectivity index (χ1n) is 4.22. The molecule has 0 aromatic heterocycles.